The normalized spacial score (nSPS) is 11.1. The molecule has 3 aromatic carbocycles. The Bertz CT molecular complexity index is 1150. The minimum absolute atomic E-state index is 0.117. The molecule has 0 bridgehead atoms. The van der Waals surface area contributed by atoms with Gasteiger partial charge in [-0.1, -0.05) is 42.5 Å². The SMILES string of the molecule is Oc1ccc(/C=C/c2nc(-c3ccccc3O)n(-c3ccccc3)n2)cc1O. The van der Waals surface area contributed by atoms with E-state index in [2.05, 4.69) is 10.1 Å². The third-order valence-electron chi connectivity index (χ3n) is 4.19. The lowest BCUT2D eigenvalue weighted by atomic mass is 10.2. The first kappa shape index (κ1) is 17.4. The van der Waals surface area contributed by atoms with E-state index in [9.17, 15) is 15.3 Å². The minimum atomic E-state index is -0.195. The van der Waals surface area contributed by atoms with Gasteiger partial charge in [0.2, 0.25) is 0 Å². The highest BCUT2D eigenvalue weighted by atomic mass is 16.3. The van der Waals surface area contributed by atoms with Gasteiger partial charge in [-0.25, -0.2) is 9.67 Å². The highest BCUT2D eigenvalue weighted by Crippen LogP contribution is 2.30. The van der Waals surface area contributed by atoms with Crippen molar-refractivity contribution in [3.05, 3.63) is 84.2 Å². The molecule has 0 saturated carbocycles. The molecule has 0 spiro atoms. The Morgan fingerprint density at radius 3 is 2.21 bits per heavy atom. The number of benzene rings is 3. The molecular weight excluding hydrogens is 354 g/mol. The van der Waals surface area contributed by atoms with Gasteiger partial charge in [0.25, 0.3) is 0 Å². The van der Waals surface area contributed by atoms with E-state index in [0.717, 1.165) is 5.69 Å². The van der Waals surface area contributed by atoms with Crippen LogP contribution in [0, 0.1) is 0 Å². The number of aromatic nitrogens is 3. The summed E-state index contributed by atoms with van der Waals surface area (Å²) in [7, 11) is 0. The minimum Gasteiger partial charge on any atom is -0.507 e. The van der Waals surface area contributed by atoms with E-state index >= 15 is 0 Å². The summed E-state index contributed by atoms with van der Waals surface area (Å²) in [5.74, 6) is 0.698. The Hall–Kier alpha value is -4.06. The van der Waals surface area contributed by atoms with Crippen LogP contribution in [0.25, 0.3) is 29.2 Å². The molecule has 0 fully saturated rings. The van der Waals surface area contributed by atoms with Crippen molar-refractivity contribution in [3.63, 3.8) is 0 Å². The van der Waals surface area contributed by atoms with Gasteiger partial charge in [-0.15, -0.1) is 5.10 Å². The van der Waals surface area contributed by atoms with Crippen molar-refractivity contribution in [2.75, 3.05) is 0 Å². The van der Waals surface area contributed by atoms with Gasteiger partial charge in [0.1, 0.15) is 5.75 Å². The van der Waals surface area contributed by atoms with Crippen molar-refractivity contribution in [3.8, 4) is 34.3 Å². The summed E-state index contributed by atoms with van der Waals surface area (Å²) in [6, 6.07) is 21.0. The predicted molar refractivity (Wildman–Crippen MR) is 107 cm³/mol. The van der Waals surface area contributed by atoms with Crippen LogP contribution in [0.3, 0.4) is 0 Å². The van der Waals surface area contributed by atoms with Crippen LogP contribution in [0.2, 0.25) is 0 Å². The van der Waals surface area contributed by atoms with E-state index < -0.39 is 0 Å². The Morgan fingerprint density at radius 2 is 1.46 bits per heavy atom. The first-order chi connectivity index (χ1) is 13.6. The Labute approximate surface area is 161 Å². The highest BCUT2D eigenvalue weighted by molar-refractivity contribution is 5.71. The van der Waals surface area contributed by atoms with Gasteiger partial charge in [0.05, 0.1) is 11.3 Å². The lowest BCUT2D eigenvalue weighted by Crippen LogP contribution is -1.99. The van der Waals surface area contributed by atoms with Gasteiger partial charge in [-0.3, -0.25) is 0 Å². The molecule has 138 valence electrons. The van der Waals surface area contributed by atoms with Crippen LogP contribution in [0.15, 0.2) is 72.8 Å². The number of nitrogens with zero attached hydrogens (tertiary/aromatic N) is 3. The largest absolute Gasteiger partial charge is 0.507 e. The molecule has 0 aliphatic carbocycles. The van der Waals surface area contributed by atoms with Crippen LogP contribution in [0.5, 0.6) is 17.2 Å². The molecule has 0 aliphatic heterocycles. The van der Waals surface area contributed by atoms with Crippen LogP contribution in [-0.2, 0) is 0 Å². The monoisotopic (exact) mass is 371 g/mol. The third-order valence-corrected chi connectivity index (χ3v) is 4.19. The van der Waals surface area contributed by atoms with Crippen molar-refractivity contribution in [2.24, 2.45) is 0 Å². The molecule has 4 aromatic rings. The number of phenolic OH excluding ortho intramolecular Hbond substituents is 3. The zero-order valence-corrected chi connectivity index (χ0v) is 14.8. The standard InChI is InChI=1S/C22H17N3O3/c26-18-9-5-4-8-17(18)22-23-21(24-25(22)16-6-2-1-3-7-16)13-11-15-10-12-19(27)20(28)14-15/h1-14,26-28H/b13-11+. The number of phenols is 3. The zero-order valence-electron chi connectivity index (χ0n) is 14.8. The van der Waals surface area contributed by atoms with Gasteiger partial charge in [-0.2, -0.15) is 0 Å². The number of hydrogen-bond donors (Lipinski definition) is 3. The molecule has 0 saturated heterocycles. The van der Waals surface area contributed by atoms with E-state index in [1.807, 2.05) is 36.4 Å². The lowest BCUT2D eigenvalue weighted by molar-refractivity contribution is 0.403. The Balaban J connectivity index is 1.78. The quantitative estimate of drug-likeness (QED) is 0.467. The second kappa shape index (κ2) is 7.28. The second-order valence-electron chi connectivity index (χ2n) is 6.14. The van der Waals surface area contributed by atoms with Crippen molar-refractivity contribution >= 4 is 12.2 Å². The molecule has 3 N–H and O–H groups in total. The molecule has 28 heavy (non-hydrogen) atoms. The molecule has 0 radical (unpaired) electrons. The molecule has 6 heteroatoms. The number of para-hydroxylation sites is 2. The number of hydrogen-bond acceptors (Lipinski definition) is 5. The van der Waals surface area contributed by atoms with Crippen LogP contribution < -0.4 is 0 Å². The summed E-state index contributed by atoms with van der Waals surface area (Å²) in [5, 5.41) is 33.9. The van der Waals surface area contributed by atoms with E-state index in [4.69, 9.17) is 0 Å². The summed E-state index contributed by atoms with van der Waals surface area (Å²) in [5.41, 5.74) is 2.08. The van der Waals surface area contributed by atoms with E-state index in [-0.39, 0.29) is 17.2 Å². The van der Waals surface area contributed by atoms with Crippen LogP contribution >= 0.6 is 0 Å². The fraction of sp³-hybridized carbons (Fsp3) is 0. The maximum atomic E-state index is 10.3. The average molecular weight is 371 g/mol. The van der Waals surface area contributed by atoms with E-state index in [1.54, 1.807) is 41.1 Å². The van der Waals surface area contributed by atoms with Crippen molar-refractivity contribution in [1.82, 2.24) is 14.8 Å². The van der Waals surface area contributed by atoms with Gasteiger partial charge < -0.3 is 15.3 Å². The molecule has 0 atom stereocenters. The van der Waals surface area contributed by atoms with Gasteiger partial charge in [0, 0.05) is 0 Å². The van der Waals surface area contributed by atoms with Crippen molar-refractivity contribution in [2.45, 2.75) is 0 Å². The number of rotatable bonds is 4. The smallest absolute Gasteiger partial charge is 0.175 e. The predicted octanol–water partition coefficient (Wildman–Crippen LogP) is 4.22. The molecule has 1 aromatic heterocycles. The molecule has 4 rings (SSSR count). The van der Waals surface area contributed by atoms with Crippen LogP contribution in [0.1, 0.15) is 11.4 Å². The van der Waals surface area contributed by atoms with Gasteiger partial charge >= 0.3 is 0 Å². The van der Waals surface area contributed by atoms with Crippen molar-refractivity contribution < 1.29 is 15.3 Å². The van der Waals surface area contributed by atoms with Gasteiger partial charge in [0.15, 0.2) is 23.1 Å². The summed E-state index contributed by atoms with van der Waals surface area (Å²) >= 11 is 0. The fourth-order valence-corrected chi connectivity index (χ4v) is 2.80. The van der Waals surface area contributed by atoms with E-state index in [1.165, 1.54) is 12.1 Å². The summed E-state index contributed by atoms with van der Waals surface area (Å²) < 4.78 is 1.67. The number of aromatic hydroxyl groups is 3. The molecule has 1 heterocycles. The maximum absolute atomic E-state index is 10.3. The van der Waals surface area contributed by atoms with Gasteiger partial charge in [-0.05, 0) is 48.0 Å². The zero-order chi connectivity index (χ0) is 19.5. The summed E-state index contributed by atoms with van der Waals surface area (Å²) in [6.45, 7) is 0. The summed E-state index contributed by atoms with van der Waals surface area (Å²) in [4.78, 5) is 4.57. The molecular formula is C22H17N3O3. The molecule has 6 nitrogen and oxygen atoms in total. The Morgan fingerprint density at radius 1 is 0.714 bits per heavy atom. The highest BCUT2D eigenvalue weighted by Gasteiger charge is 2.15. The first-order valence-corrected chi connectivity index (χ1v) is 8.63. The van der Waals surface area contributed by atoms with Crippen LogP contribution in [-0.4, -0.2) is 30.1 Å². The first-order valence-electron chi connectivity index (χ1n) is 8.63. The molecule has 0 amide bonds. The summed E-state index contributed by atoms with van der Waals surface area (Å²) in [6.07, 6.45) is 3.44. The van der Waals surface area contributed by atoms with Crippen LogP contribution in [0.4, 0.5) is 0 Å². The molecule has 0 unspecified atom stereocenters. The average Bonchev–Trinajstić information content (AvgIpc) is 3.14. The van der Waals surface area contributed by atoms with Crippen molar-refractivity contribution in [1.29, 1.82) is 0 Å². The lowest BCUT2D eigenvalue weighted by Gasteiger charge is -2.06. The maximum Gasteiger partial charge on any atom is 0.175 e. The third kappa shape index (κ3) is 3.43. The Kier molecular flexibility index (Phi) is 4.51. The fourth-order valence-electron chi connectivity index (χ4n) is 2.80. The topological polar surface area (TPSA) is 91.4 Å². The molecule has 0 aliphatic rings. The second-order valence-corrected chi connectivity index (χ2v) is 6.14. The van der Waals surface area contributed by atoms with E-state index in [0.29, 0.717) is 22.8 Å².